The minimum atomic E-state index is -3.39. The minimum absolute atomic E-state index is 0.0111. The van der Waals surface area contributed by atoms with E-state index in [9.17, 15) is 8.42 Å². The lowest BCUT2D eigenvalue weighted by molar-refractivity contribution is 0.284. The highest BCUT2D eigenvalue weighted by molar-refractivity contribution is 9.10. The lowest BCUT2D eigenvalue weighted by Crippen LogP contribution is -2.52. The molecule has 0 amide bonds. The predicted molar refractivity (Wildman–Crippen MR) is 75.1 cm³/mol. The van der Waals surface area contributed by atoms with Gasteiger partial charge in [-0.25, -0.2) is 8.42 Å². The van der Waals surface area contributed by atoms with Crippen molar-refractivity contribution < 1.29 is 8.42 Å². The molecule has 4 nitrogen and oxygen atoms in total. The quantitative estimate of drug-likeness (QED) is 0.897. The van der Waals surface area contributed by atoms with E-state index in [1.54, 1.807) is 16.4 Å². The van der Waals surface area contributed by atoms with E-state index in [4.69, 9.17) is 0 Å². The molecule has 1 unspecified atom stereocenters. The van der Waals surface area contributed by atoms with Crippen LogP contribution in [0.3, 0.4) is 0 Å². The Morgan fingerprint density at radius 1 is 1.39 bits per heavy atom. The van der Waals surface area contributed by atoms with E-state index >= 15 is 0 Å². The Hall–Kier alpha value is -0.430. The summed E-state index contributed by atoms with van der Waals surface area (Å²) in [6.07, 6.45) is 0. The van der Waals surface area contributed by atoms with Gasteiger partial charge in [0.1, 0.15) is 0 Å². The molecule has 100 valence electrons. The summed E-state index contributed by atoms with van der Waals surface area (Å²) in [4.78, 5) is 0.364. The number of sulfonamides is 1. The number of aryl methyl sites for hydroxylation is 1. The molecule has 0 aromatic heterocycles. The van der Waals surface area contributed by atoms with Crippen LogP contribution in [0.25, 0.3) is 0 Å². The van der Waals surface area contributed by atoms with Crippen LogP contribution in [0.2, 0.25) is 0 Å². The van der Waals surface area contributed by atoms with Crippen molar-refractivity contribution >= 4 is 26.0 Å². The molecule has 0 spiro atoms. The van der Waals surface area contributed by atoms with E-state index in [0.29, 0.717) is 24.5 Å². The van der Waals surface area contributed by atoms with Crippen LogP contribution < -0.4 is 5.32 Å². The molecule has 1 aromatic rings. The number of halogens is 1. The summed E-state index contributed by atoms with van der Waals surface area (Å²) in [5.41, 5.74) is 0.936. The van der Waals surface area contributed by atoms with Gasteiger partial charge in [-0.15, -0.1) is 0 Å². The molecule has 2 rings (SSSR count). The van der Waals surface area contributed by atoms with Crippen LogP contribution in [0, 0.1) is 6.92 Å². The zero-order valence-corrected chi connectivity index (χ0v) is 12.9. The lowest BCUT2D eigenvalue weighted by Gasteiger charge is -2.32. The van der Waals surface area contributed by atoms with Crippen molar-refractivity contribution in [1.29, 1.82) is 0 Å². The SMILES string of the molecule is Cc1cc(Br)cc(S(=O)(=O)N2CCNCC2C)c1. The van der Waals surface area contributed by atoms with Crippen molar-refractivity contribution in [2.75, 3.05) is 19.6 Å². The van der Waals surface area contributed by atoms with Crippen LogP contribution in [0.4, 0.5) is 0 Å². The highest BCUT2D eigenvalue weighted by atomic mass is 79.9. The largest absolute Gasteiger partial charge is 0.314 e. The first-order chi connectivity index (χ1) is 8.41. The number of benzene rings is 1. The van der Waals surface area contributed by atoms with Crippen molar-refractivity contribution in [2.45, 2.75) is 24.8 Å². The molecule has 1 N–H and O–H groups in total. The van der Waals surface area contributed by atoms with Crippen molar-refractivity contribution in [3.8, 4) is 0 Å². The molecular formula is C12H17BrN2O2S. The van der Waals surface area contributed by atoms with Crippen molar-refractivity contribution in [1.82, 2.24) is 9.62 Å². The summed E-state index contributed by atoms with van der Waals surface area (Å²) in [5.74, 6) is 0. The van der Waals surface area contributed by atoms with Gasteiger partial charge in [0.25, 0.3) is 0 Å². The maximum Gasteiger partial charge on any atom is 0.243 e. The van der Waals surface area contributed by atoms with Crippen molar-refractivity contribution in [2.24, 2.45) is 0 Å². The van der Waals surface area contributed by atoms with Gasteiger partial charge in [-0.1, -0.05) is 15.9 Å². The fourth-order valence-corrected chi connectivity index (χ4v) is 4.69. The molecule has 0 saturated carbocycles. The third kappa shape index (κ3) is 2.77. The Bertz CT molecular complexity index is 525. The zero-order chi connectivity index (χ0) is 13.3. The van der Waals surface area contributed by atoms with Crippen LogP contribution in [-0.2, 0) is 10.0 Å². The molecule has 1 saturated heterocycles. The van der Waals surface area contributed by atoms with Gasteiger partial charge >= 0.3 is 0 Å². The molecule has 1 heterocycles. The molecule has 6 heteroatoms. The molecule has 1 atom stereocenters. The van der Waals surface area contributed by atoms with Crippen LogP contribution in [-0.4, -0.2) is 38.4 Å². The van der Waals surface area contributed by atoms with Gasteiger partial charge in [0.15, 0.2) is 0 Å². The smallest absolute Gasteiger partial charge is 0.243 e. The monoisotopic (exact) mass is 332 g/mol. The number of hydrogen-bond donors (Lipinski definition) is 1. The number of nitrogens with zero attached hydrogens (tertiary/aromatic N) is 1. The lowest BCUT2D eigenvalue weighted by atomic mass is 10.2. The fraction of sp³-hybridized carbons (Fsp3) is 0.500. The Kier molecular flexibility index (Phi) is 4.11. The molecule has 1 aliphatic heterocycles. The Labute approximate surface area is 117 Å². The minimum Gasteiger partial charge on any atom is -0.314 e. The van der Waals surface area contributed by atoms with Crippen LogP contribution in [0.1, 0.15) is 12.5 Å². The van der Waals surface area contributed by atoms with Gasteiger partial charge in [-0.2, -0.15) is 4.31 Å². The number of nitrogens with one attached hydrogen (secondary N) is 1. The highest BCUT2D eigenvalue weighted by Gasteiger charge is 2.31. The third-order valence-electron chi connectivity index (χ3n) is 3.06. The Balaban J connectivity index is 2.40. The Morgan fingerprint density at radius 2 is 2.11 bits per heavy atom. The van der Waals surface area contributed by atoms with Gasteiger partial charge in [-0.3, -0.25) is 0 Å². The summed E-state index contributed by atoms with van der Waals surface area (Å²) in [7, 11) is -3.39. The van der Waals surface area contributed by atoms with Crippen LogP contribution in [0.5, 0.6) is 0 Å². The third-order valence-corrected chi connectivity index (χ3v) is 5.51. The van der Waals surface area contributed by atoms with Gasteiger partial charge in [0, 0.05) is 30.1 Å². The summed E-state index contributed by atoms with van der Waals surface area (Å²) in [6, 6.07) is 5.27. The fourth-order valence-electron chi connectivity index (χ4n) is 2.17. The van der Waals surface area contributed by atoms with Gasteiger partial charge in [-0.05, 0) is 37.6 Å². The molecule has 1 fully saturated rings. The average molecular weight is 333 g/mol. The first-order valence-electron chi connectivity index (χ1n) is 5.91. The second-order valence-electron chi connectivity index (χ2n) is 4.63. The van der Waals surface area contributed by atoms with E-state index in [-0.39, 0.29) is 6.04 Å². The van der Waals surface area contributed by atoms with Gasteiger partial charge in [0.05, 0.1) is 4.90 Å². The predicted octanol–water partition coefficient (Wildman–Crippen LogP) is 1.74. The maximum atomic E-state index is 12.6. The van der Waals surface area contributed by atoms with Crippen molar-refractivity contribution in [3.63, 3.8) is 0 Å². The summed E-state index contributed by atoms with van der Waals surface area (Å²) in [6.45, 7) is 5.75. The van der Waals surface area contributed by atoms with Crippen LogP contribution in [0.15, 0.2) is 27.6 Å². The van der Waals surface area contributed by atoms with E-state index in [1.807, 2.05) is 19.9 Å². The van der Waals surface area contributed by atoms with Crippen molar-refractivity contribution in [3.05, 3.63) is 28.2 Å². The highest BCUT2D eigenvalue weighted by Crippen LogP contribution is 2.24. The van der Waals surface area contributed by atoms with E-state index < -0.39 is 10.0 Å². The number of piperazine rings is 1. The summed E-state index contributed by atoms with van der Waals surface area (Å²) >= 11 is 3.35. The maximum absolute atomic E-state index is 12.6. The van der Waals surface area contributed by atoms with Gasteiger partial charge in [0.2, 0.25) is 10.0 Å². The normalized spacial score (nSPS) is 22.1. The average Bonchev–Trinajstić information content (AvgIpc) is 2.28. The number of rotatable bonds is 2. The van der Waals surface area contributed by atoms with E-state index in [0.717, 1.165) is 10.0 Å². The second kappa shape index (κ2) is 5.28. The molecule has 0 bridgehead atoms. The van der Waals surface area contributed by atoms with E-state index in [2.05, 4.69) is 21.2 Å². The molecule has 0 aliphatic carbocycles. The number of hydrogen-bond acceptors (Lipinski definition) is 3. The van der Waals surface area contributed by atoms with Gasteiger partial charge < -0.3 is 5.32 Å². The Morgan fingerprint density at radius 3 is 2.72 bits per heavy atom. The first kappa shape index (κ1) is 14.0. The standard InChI is InChI=1S/C12H17BrN2O2S/c1-9-5-11(13)7-12(6-9)18(16,17)15-4-3-14-8-10(15)2/h5-7,10,14H,3-4,8H2,1-2H3. The zero-order valence-electron chi connectivity index (χ0n) is 10.5. The molecule has 18 heavy (non-hydrogen) atoms. The summed E-state index contributed by atoms with van der Waals surface area (Å²) in [5, 5.41) is 3.20. The molecule has 0 radical (unpaired) electrons. The van der Waals surface area contributed by atoms with Crippen LogP contribution >= 0.6 is 15.9 Å². The second-order valence-corrected chi connectivity index (χ2v) is 7.44. The topological polar surface area (TPSA) is 49.4 Å². The summed E-state index contributed by atoms with van der Waals surface area (Å²) < 4.78 is 27.5. The first-order valence-corrected chi connectivity index (χ1v) is 8.14. The molecule has 1 aromatic carbocycles. The van der Waals surface area contributed by atoms with E-state index in [1.165, 1.54) is 0 Å². The molecule has 1 aliphatic rings. The molecular weight excluding hydrogens is 316 g/mol.